The van der Waals surface area contributed by atoms with Crippen LogP contribution in [-0.4, -0.2) is 21.0 Å². The molecule has 4 rings (SSSR count). The maximum atomic E-state index is 13.3. The fraction of sp³-hybridized carbons (Fsp3) is 0.0435. The van der Waals surface area contributed by atoms with Gasteiger partial charge in [0, 0.05) is 11.1 Å². The molecule has 0 radical (unpaired) electrons. The van der Waals surface area contributed by atoms with E-state index in [0.717, 1.165) is 0 Å². The number of carbonyl (C=O) groups is 1. The number of ether oxygens (including phenoxy) is 1. The fourth-order valence-electron chi connectivity index (χ4n) is 2.86. The number of halogens is 2. The van der Waals surface area contributed by atoms with Crippen molar-refractivity contribution in [1.82, 2.24) is 9.97 Å². The van der Waals surface area contributed by atoms with Gasteiger partial charge in [0.15, 0.2) is 0 Å². The van der Waals surface area contributed by atoms with Crippen LogP contribution < -0.4 is 4.74 Å². The van der Waals surface area contributed by atoms with Crippen LogP contribution in [0.3, 0.4) is 0 Å². The molecule has 148 valence electrons. The zero-order chi connectivity index (χ0) is 21.3. The summed E-state index contributed by atoms with van der Waals surface area (Å²) in [6.07, 6.45) is 0. The summed E-state index contributed by atoms with van der Waals surface area (Å²) in [6, 6.07) is 14.3. The van der Waals surface area contributed by atoms with Crippen LogP contribution in [-0.2, 0) is 0 Å². The van der Waals surface area contributed by atoms with Crippen LogP contribution in [0.5, 0.6) is 11.8 Å². The number of fused-ring (bicyclic) bond motifs is 1. The van der Waals surface area contributed by atoms with Gasteiger partial charge in [-0.05, 0) is 55.0 Å². The second kappa shape index (κ2) is 7.90. The van der Waals surface area contributed by atoms with Crippen LogP contribution in [0.2, 0.25) is 5.02 Å². The number of aromatic nitrogens is 2. The standard InChI is InChI=1S/C23H14ClFN2O3/c1-13-5-8-17(11-18(13)22(28)29)30-23-26-20-10-15(19(24)12-21(20)27-23)7-6-14-3-2-4-16(25)9-14/h2-5,8-12H,1H3,(H,26,27)(H,28,29). The first-order valence-electron chi connectivity index (χ1n) is 8.88. The number of hydrogen-bond acceptors (Lipinski definition) is 3. The van der Waals surface area contributed by atoms with E-state index in [9.17, 15) is 14.3 Å². The molecule has 0 atom stereocenters. The van der Waals surface area contributed by atoms with Crippen LogP contribution in [0.1, 0.15) is 27.0 Å². The Kier molecular flexibility index (Phi) is 5.13. The van der Waals surface area contributed by atoms with Crippen molar-refractivity contribution in [2.75, 3.05) is 0 Å². The van der Waals surface area contributed by atoms with Gasteiger partial charge in [0.2, 0.25) is 0 Å². The third kappa shape index (κ3) is 4.12. The Labute approximate surface area is 176 Å². The maximum Gasteiger partial charge on any atom is 0.336 e. The highest BCUT2D eigenvalue weighted by Gasteiger charge is 2.12. The summed E-state index contributed by atoms with van der Waals surface area (Å²) >= 11 is 6.31. The van der Waals surface area contributed by atoms with Crippen LogP contribution in [0.25, 0.3) is 11.0 Å². The molecule has 0 spiro atoms. The molecular weight excluding hydrogens is 407 g/mol. The van der Waals surface area contributed by atoms with Gasteiger partial charge in [-0.3, -0.25) is 0 Å². The molecule has 0 unspecified atom stereocenters. The Morgan fingerprint density at radius 2 is 2.00 bits per heavy atom. The summed E-state index contributed by atoms with van der Waals surface area (Å²) < 4.78 is 19.0. The van der Waals surface area contributed by atoms with Gasteiger partial charge in [-0.25, -0.2) is 9.18 Å². The number of benzene rings is 3. The van der Waals surface area contributed by atoms with Crippen molar-refractivity contribution >= 4 is 28.6 Å². The van der Waals surface area contributed by atoms with Gasteiger partial charge in [-0.1, -0.05) is 35.6 Å². The Bertz CT molecular complexity index is 1350. The molecule has 0 aliphatic rings. The molecule has 0 bridgehead atoms. The molecule has 1 aromatic heterocycles. The quantitative estimate of drug-likeness (QED) is 0.426. The van der Waals surface area contributed by atoms with Gasteiger partial charge < -0.3 is 14.8 Å². The molecule has 30 heavy (non-hydrogen) atoms. The van der Waals surface area contributed by atoms with Crippen molar-refractivity contribution < 1.29 is 19.0 Å². The first-order chi connectivity index (χ1) is 14.4. The number of aryl methyl sites for hydroxylation is 1. The summed E-state index contributed by atoms with van der Waals surface area (Å²) in [7, 11) is 0. The smallest absolute Gasteiger partial charge is 0.336 e. The van der Waals surface area contributed by atoms with Gasteiger partial charge >= 0.3 is 5.97 Å². The second-order valence-corrected chi connectivity index (χ2v) is 6.94. The minimum Gasteiger partial charge on any atom is -0.478 e. The van der Waals surface area contributed by atoms with E-state index < -0.39 is 5.97 Å². The average Bonchev–Trinajstić information content (AvgIpc) is 3.08. The highest BCUT2D eigenvalue weighted by Crippen LogP contribution is 2.27. The lowest BCUT2D eigenvalue weighted by Crippen LogP contribution is -2.00. The van der Waals surface area contributed by atoms with E-state index in [1.165, 1.54) is 18.2 Å². The summed E-state index contributed by atoms with van der Waals surface area (Å²) in [6.45, 7) is 1.71. The van der Waals surface area contributed by atoms with Crippen LogP contribution >= 0.6 is 11.6 Å². The fourth-order valence-corrected chi connectivity index (χ4v) is 3.07. The first-order valence-corrected chi connectivity index (χ1v) is 9.25. The Hall–Kier alpha value is -3.82. The van der Waals surface area contributed by atoms with Crippen LogP contribution in [0, 0.1) is 24.6 Å². The SMILES string of the molecule is Cc1ccc(Oc2nc3cc(Cl)c(C#Cc4cccc(F)c4)cc3[nH]2)cc1C(=O)O. The Balaban J connectivity index is 1.64. The van der Waals surface area contributed by atoms with E-state index in [4.69, 9.17) is 16.3 Å². The zero-order valence-electron chi connectivity index (χ0n) is 15.7. The largest absolute Gasteiger partial charge is 0.478 e. The number of aromatic carboxylic acids is 1. The second-order valence-electron chi connectivity index (χ2n) is 6.54. The lowest BCUT2D eigenvalue weighted by Gasteiger charge is -2.05. The average molecular weight is 421 g/mol. The molecule has 0 saturated carbocycles. The molecule has 5 nitrogen and oxygen atoms in total. The molecule has 0 amide bonds. The van der Waals surface area contributed by atoms with Gasteiger partial charge in [0.1, 0.15) is 11.6 Å². The minimum atomic E-state index is -1.03. The lowest BCUT2D eigenvalue weighted by atomic mass is 10.1. The monoisotopic (exact) mass is 420 g/mol. The molecule has 3 aromatic carbocycles. The predicted octanol–water partition coefficient (Wildman–Crippen LogP) is 5.55. The number of nitrogens with one attached hydrogen (secondary N) is 1. The molecule has 0 aliphatic carbocycles. The number of hydrogen-bond donors (Lipinski definition) is 2. The minimum absolute atomic E-state index is 0.154. The molecule has 0 fully saturated rings. The highest BCUT2D eigenvalue weighted by molar-refractivity contribution is 6.32. The number of rotatable bonds is 3. The Morgan fingerprint density at radius 1 is 1.17 bits per heavy atom. The normalized spacial score (nSPS) is 10.5. The lowest BCUT2D eigenvalue weighted by molar-refractivity contribution is 0.0695. The zero-order valence-corrected chi connectivity index (χ0v) is 16.4. The number of nitrogens with zero attached hydrogens (tertiary/aromatic N) is 1. The third-order valence-corrected chi connectivity index (χ3v) is 4.68. The van der Waals surface area contributed by atoms with Crippen molar-refractivity contribution in [2.24, 2.45) is 0 Å². The molecular formula is C23H14ClFN2O3. The van der Waals surface area contributed by atoms with Gasteiger partial charge in [0.05, 0.1) is 21.6 Å². The summed E-state index contributed by atoms with van der Waals surface area (Å²) in [5.41, 5.74) is 3.08. The summed E-state index contributed by atoms with van der Waals surface area (Å²) in [4.78, 5) is 18.6. The number of carboxylic acid groups (broad SMARTS) is 1. The van der Waals surface area contributed by atoms with Crippen LogP contribution in [0.4, 0.5) is 4.39 Å². The van der Waals surface area contributed by atoms with E-state index in [1.807, 2.05) is 0 Å². The number of H-pyrrole nitrogens is 1. The molecule has 0 saturated heterocycles. The van der Waals surface area contributed by atoms with E-state index in [-0.39, 0.29) is 17.4 Å². The first kappa shape index (κ1) is 19.5. The van der Waals surface area contributed by atoms with Gasteiger partial charge in [0.25, 0.3) is 6.01 Å². The molecule has 7 heteroatoms. The molecule has 0 aliphatic heterocycles. The van der Waals surface area contributed by atoms with Gasteiger partial charge in [-0.2, -0.15) is 4.98 Å². The van der Waals surface area contributed by atoms with Gasteiger partial charge in [-0.15, -0.1) is 0 Å². The Morgan fingerprint density at radius 3 is 2.77 bits per heavy atom. The molecule has 2 N–H and O–H groups in total. The number of carboxylic acids is 1. The number of aromatic amines is 1. The summed E-state index contributed by atoms with van der Waals surface area (Å²) in [5.74, 6) is 4.76. The van der Waals surface area contributed by atoms with E-state index >= 15 is 0 Å². The highest BCUT2D eigenvalue weighted by atomic mass is 35.5. The van der Waals surface area contributed by atoms with E-state index in [0.29, 0.717) is 38.5 Å². The third-order valence-electron chi connectivity index (χ3n) is 4.37. The van der Waals surface area contributed by atoms with Crippen molar-refractivity contribution in [3.05, 3.63) is 87.7 Å². The molecule has 1 heterocycles. The van der Waals surface area contributed by atoms with Crippen molar-refractivity contribution in [3.8, 4) is 23.6 Å². The van der Waals surface area contributed by atoms with Crippen LogP contribution in [0.15, 0.2) is 54.6 Å². The molecule has 4 aromatic rings. The van der Waals surface area contributed by atoms with E-state index in [2.05, 4.69) is 21.8 Å². The van der Waals surface area contributed by atoms with E-state index in [1.54, 1.807) is 43.3 Å². The topological polar surface area (TPSA) is 75.2 Å². The maximum absolute atomic E-state index is 13.3. The van der Waals surface area contributed by atoms with Crippen molar-refractivity contribution in [1.29, 1.82) is 0 Å². The predicted molar refractivity (Wildman–Crippen MR) is 112 cm³/mol. The number of imidazole rings is 1. The summed E-state index contributed by atoms with van der Waals surface area (Å²) in [5, 5.41) is 9.65. The van der Waals surface area contributed by atoms with Crippen molar-refractivity contribution in [2.45, 2.75) is 6.92 Å². The van der Waals surface area contributed by atoms with Crippen molar-refractivity contribution in [3.63, 3.8) is 0 Å².